The van der Waals surface area contributed by atoms with Crippen LogP contribution in [0.25, 0.3) is 0 Å². The summed E-state index contributed by atoms with van der Waals surface area (Å²) in [5.74, 6) is 0.574. The largest absolute Gasteiger partial charge is 0.393 e. The lowest BCUT2D eigenvalue weighted by molar-refractivity contribution is 0.0699. The van der Waals surface area contributed by atoms with Crippen molar-refractivity contribution < 1.29 is 9.84 Å². The molecule has 94 valence electrons. The molecular formula is C13H25NO2. The van der Waals surface area contributed by atoms with E-state index in [0.29, 0.717) is 12.0 Å². The topological polar surface area (TPSA) is 41.5 Å². The number of aliphatic hydroxyl groups is 1. The van der Waals surface area contributed by atoms with Gasteiger partial charge in [0.1, 0.15) is 0 Å². The Labute approximate surface area is 98.6 Å². The first-order valence-corrected chi connectivity index (χ1v) is 6.85. The average Bonchev–Trinajstić information content (AvgIpc) is 2.72. The highest BCUT2D eigenvalue weighted by Crippen LogP contribution is 2.28. The highest BCUT2D eigenvalue weighted by Gasteiger charge is 2.24. The fourth-order valence-corrected chi connectivity index (χ4v) is 2.93. The second kappa shape index (κ2) is 6.58. The minimum absolute atomic E-state index is 0.0157. The first-order chi connectivity index (χ1) is 7.86. The number of rotatable bonds is 5. The van der Waals surface area contributed by atoms with Gasteiger partial charge in [0, 0.05) is 12.6 Å². The Hall–Kier alpha value is -0.120. The number of nitrogens with one attached hydrogen (secondary N) is 1. The molecule has 1 aliphatic heterocycles. The smallest absolute Gasteiger partial charge is 0.0619 e. The van der Waals surface area contributed by atoms with E-state index in [-0.39, 0.29) is 6.10 Å². The van der Waals surface area contributed by atoms with E-state index < -0.39 is 0 Å². The quantitative estimate of drug-likeness (QED) is 0.702. The molecule has 2 rings (SSSR count). The molecule has 0 amide bonds. The first kappa shape index (κ1) is 12.3. The van der Waals surface area contributed by atoms with E-state index in [4.69, 9.17) is 4.74 Å². The number of hydrogen-bond acceptors (Lipinski definition) is 3. The molecule has 3 nitrogen and oxygen atoms in total. The van der Waals surface area contributed by atoms with Crippen molar-refractivity contribution in [3.05, 3.63) is 0 Å². The highest BCUT2D eigenvalue weighted by molar-refractivity contribution is 4.77. The van der Waals surface area contributed by atoms with E-state index >= 15 is 0 Å². The molecule has 2 N–H and O–H groups in total. The summed E-state index contributed by atoms with van der Waals surface area (Å²) >= 11 is 0. The predicted octanol–water partition coefficient (Wildman–Crippen LogP) is 1.70. The van der Waals surface area contributed by atoms with Crippen LogP contribution in [-0.2, 0) is 4.74 Å². The van der Waals surface area contributed by atoms with E-state index in [0.717, 1.165) is 26.2 Å². The average molecular weight is 227 g/mol. The first-order valence-electron chi connectivity index (χ1n) is 6.85. The fraction of sp³-hybridized carbons (Fsp3) is 1.00. The van der Waals surface area contributed by atoms with Gasteiger partial charge in [0.05, 0.1) is 12.7 Å². The van der Waals surface area contributed by atoms with Gasteiger partial charge in [0.25, 0.3) is 0 Å². The SMILES string of the molecule is OC1CCCC1CCCNC1CCCOC1. The van der Waals surface area contributed by atoms with Gasteiger partial charge in [0.2, 0.25) is 0 Å². The second-order valence-electron chi connectivity index (χ2n) is 5.27. The van der Waals surface area contributed by atoms with E-state index in [9.17, 15) is 5.11 Å². The van der Waals surface area contributed by atoms with E-state index in [2.05, 4.69) is 5.32 Å². The zero-order valence-electron chi connectivity index (χ0n) is 10.2. The Bertz CT molecular complexity index is 192. The molecule has 16 heavy (non-hydrogen) atoms. The Morgan fingerprint density at radius 3 is 2.81 bits per heavy atom. The maximum Gasteiger partial charge on any atom is 0.0619 e. The van der Waals surface area contributed by atoms with Crippen molar-refractivity contribution in [3.63, 3.8) is 0 Å². The molecule has 0 spiro atoms. The molecule has 1 saturated carbocycles. The molecule has 0 bridgehead atoms. The zero-order valence-corrected chi connectivity index (χ0v) is 10.2. The van der Waals surface area contributed by atoms with Gasteiger partial charge in [-0.25, -0.2) is 0 Å². The summed E-state index contributed by atoms with van der Waals surface area (Å²) in [6.45, 7) is 2.90. The van der Waals surface area contributed by atoms with E-state index in [1.54, 1.807) is 0 Å². The number of ether oxygens (including phenoxy) is 1. The summed E-state index contributed by atoms with van der Waals surface area (Å²) in [7, 11) is 0. The molecule has 1 aliphatic carbocycles. The van der Waals surface area contributed by atoms with Crippen molar-refractivity contribution in [2.75, 3.05) is 19.8 Å². The molecule has 0 aromatic carbocycles. The van der Waals surface area contributed by atoms with Crippen LogP contribution in [0.3, 0.4) is 0 Å². The van der Waals surface area contributed by atoms with Crippen LogP contribution in [0, 0.1) is 5.92 Å². The molecule has 3 heteroatoms. The lowest BCUT2D eigenvalue weighted by Gasteiger charge is -2.23. The Morgan fingerprint density at radius 1 is 1.19 bits per heavy atom. The Kier molecular flexibility index (Phi) is 5.07. The van der Waals surface area contributed by atoms with Gasteiger partial charge in [-0.05, 0) is 51.0 Å². The molecule has 1 saturated heterocycles. The van der Waals surface area contributed by atoms with E-state index in [1.807, 2.05) is 0 Å². The molecule has 3 unspecified atom stereocenters. The van der Waals surface area contributed by atoms with Crippen molar-refractivity contribution in [1.82, 2.24) is 5.32 Å². The third-order valence-corrected chi connectivity index (χ3v) is 3.96. The van der Waals surface area contributed by atoms with Crippen molar-refractivity contribution in [2.45, 2.75) is 57.1 Å². The highest BCUT2D eigenvalue weighted by atomic mass is 16.5. The number of aliphatic hydroxyl groups excluding tert-OH is 1. The van der Waals surface area contributed by atoms with Crippen LogP contribution < -0.4 is 5.32 Å². The lowest BCUT2D eigenvalue weighted by atomic mass is 9.99. The molecular weight excluding hydrogens is 202 g/mol. The molecule has 0 radical (unpaired) electrons. The zero-order chi connectivity index (χ0) is 11.2. The molecule has 2 fully saturated rings. The van der Waals surface area contributed by atoms with Crippen LogP contribution in [0.5, 0.6) is 0 Å². The molecule has 0 aromatic heterocycles. The van der Waals surface area contributed by atoms with Crippen LogP contribution in [0.15, 0.2) is 0 Å². The Balaban J connectivity index is 1.51. The summed E-state index contributed by atoms with van der Waals surface area (Å²) in [4.78, 5) is 0. The van der Waals surface area contributed by atoms with Gasteiger partial charge in [-0.15, -0.1) is 0 Å². The predicted molar refractivity (Wildman–Crippen MR) is 64.4 cm³/mol. The second-order valence-corrected chi connectivity index (χ2v) is 5.27. The summed E-state index contributed by atoms with van der Waals surface area (Å²) in [6.07, 6.45) is 8.28. The van der Waals surface area contributed by atoms with Crippen molar-refractivity contribution >= 4 is 0 Å². The molecule has 1 heterocycles. The molecule has 0 aromatic rings. The maximum absolute atomic E-state index is 9.70. The van der Waals surface area contributed by atoms with Crippen LogP contribution >= 0.6 is 0 Å². The third kappa shape index (κ3) is 3.72. The molecule has 3 atom stereocenters. The van der Waals surface area contributed by atoms with Crippen LogP contribution in [-0.4, -0.2) is 37.0 Å². The maximum atomic E-state index is 9.70. The Morgan fingerprint density at radius 2 is 2.12 bits per heavy atom. The van der Waals surface area contributed by atoms with Gasteiger partial charge < -0.3 is 15.2 Å². The third-order valence-electron chi connectivity index (χ3n) is 3.96. The van der Waals surface area contributed by atoms with Crippen LogP contribution in [0.1, 0.15) is 44.9 Å². The van der Waals surface area contributed by atoms with Gasteiger partial charge in [-0.3, -0.25) is 0 Å². The summed E-state index contributed by atoms with van der Waals surface area (Å²) < 4.78 is 5.43. The number of hydrogen-bond donors (Lipinski definition) is 2. The van der Waals surface area contributed by atoms with Gasteiger partial charge in [0.15, 0.2) is 0 Å². The minimum atomic E-state index is -0.0157. The summed E-state index contributed by atoms with van der Waals surface area (Å²) in [5.41, 5.74) is 0. The lowest BCUT2D eigenvalue weighted by Crippen LogP contribution is -2.37. The van der Waals surface area contributed by atoms with Gasteiger partial charge >= 0.3 is 0 Å². The van der Waals surface area contributed by atoms with Crippen molar-refractivity contribution in [1.29, 1.82) is 0 Å². The van der Waals surface area contributed by atoms with Crippen LogP contribution in [0.2, 0.25) is 0 Å². The fourth-order valence-electron chi connectivity index (χ4n) is 2.93. The normalized spacial score (nSPS) is 35.4. The standard InChI is InChI=1S/C13H25NO2/c15-13-7-1-4-11(13)5-2-8-14-12-6-3-9-16-10-12/h11-15H,1-10H2. The van der Waals surface area contributed by atoms with Crippen LogP contribution in [0.4, 0.5) is 0 Å². The molecule has 2 aliphatic rings. The van der Waals surface area contributed by atoms with E-state index in [1.165, 1.54) is 38.5 Å². The van der Waals surface area contributed by atoms with Crippen molar-refractivity contribution in [2.24, 2.45) is 5.92 Å². The van der Waals surface area contributed by atoms with Gasteiger partial charge in [-0.2, -0.15) is 0 Å². The summed E-state index contributed by atoms with van der Waals surface area (Å²) in [5, 5.41) is 13.3. The monoisotopic (exact) mass is 227 g/mol. The summed E-state index contributed by atoms with van der Waals surface area (Å²) in [6, 6.07) is 0.572. The van der Waals surface area contributed by atoms with Gasteiger partial charge in [-0.1, -0.05) is 6.42 Å². The van der Waals surface area contributed by atoms with Crippen molar-refractivity contribution in [3.8, 4) is 0 Å². The minimum Gasteiger partial charge on any atom is -0.393 e.